The molecule has 18 heavy (non-hydrogen) atoms. The van der Waals surface area contributed by atoms with Crippen molar-refractivity contribution in [3.8, 4) is 18.4 Å². The summed E-state index contributed by atoms with van der Waals surface area (Å²) in [6.07, 6.45) is 6.07. The van der Waals surface area contributed by atoms with Crippen LogP contribution in [0.5, 0.6) is 0 Å². The Hall–Kier alpha value is -2.46. The first-order valence-electron chi connectivity index (χ1n) is 5.70. The van der Waals surface area contributed by atoms with Gasteiger partial charge in [0, 0.05) is 12.2 Å². The van der Waals surface area contributed by atoms with Crippen molar-refractivity contribution >= 4 is 11.7 Å². The molecule has 0 aliphatic carbocycles. The van der Waals surface area contributed by atoms with Crippen LogP contribution in [0, 0.1) is 23.7 Å². The molecular formula is C14H15N3O. The van der Waals surface area contributed by atoms with Crippen LogP contribution in [-0.4, -0.2) is 24.0 Å². The highest BCUT2D eigenvalue weighted by Crippen LogP contribution is 2.09. The molecule has 0 aliphatic heterocycles. The fraction of sp³-hybridized carbons (Fsp3) is 0.286. The summed E-state index contributed by atoms with van der Waals surface area (Å²) >= 11 is 0. The molecule has 1 aromatic rings. The van der Waals surface area contributed by atoms with Crippen molar-refractivity contribution in [2.45, 2.75) is 13.3 Å². The van der Waals surface area contributed by atoms with E-state index in [9.17, 15) is 4.79 Å². The standard InChI is InChI=1S/C14H15N3O/c1-3-9-17(10-4-2)14(18)16-13-7-5-12(11-15)6-8-13/h1,5-8H,4,9-10H2,2H3,(H,16,18). The Morgan fingerprint density at radius 3 is 2.61 bits per heavy atom. The SMILES string of the molecule is C#CCN(CCC)C(=O)Nc1ccc(C#N)cc1. The van der Waals surface area contributed by atoms with E-state index in [2.05, 4.69) is 11.2 Å². The Morgan fingerprint density at radius 1 is 1.44 bits per heavy atom. The molecule has 0 spiro atoms. The average molecular weight is 241 g/mol. The Bertz CT molecular complexity index is 479. The third-order valence-corrected chi connectivity index (χ3v) is 2.33. The molecule has 92 valence electrons. The number of benzene rings is 1. The van der Waals surface area contributed by atoms with Gasteiger partial charge in [0.25, 0.3) is 0 Å². The molecule has 0 saturated carbocycles. The molecule has 1 N–H and O–H groups in total. The van der Waals surface area contributed by atoms with E-state index >= 15 is 0 Å². The van der Waals surface area contributed by atoms with Crippen LogP contribution in [0.1, 0.15) is 18.9 Å². The number of urea groups is 1. The molecular weight excluding hydrogens is 226 g/mol. The van der Waals surface area contributed by atoms with Gasteiger partial charge in [-0.15, -0.1) is 6.42 Å². The summed E-state index contributed by atoms with van der Waals surface area (Å²) in [5, 5.41) is 11.4. The minimum absolute atomic E-state index is 0.223. The smallest absolute Gasteiger partial charge is 0.313 e. The number of nitrogens with one attached hydrogen (secondary N) is 1. The first-order valence-corrected chi connectivity index (χ1v) is 5.70. The summed E-state index contributed by atoms with van der Waals surface area (Å²) < 4.78 is 0. The van der Waals surface area contributed by atoms with E-state index in [1.807, 2.05) is 13.0 Å². The molecule has 0 saturated heterocycles. The maximum absolute atomic E-state index is 11.9. The van der Waals surface area contributed by atoms with Crippen molar-refractivity contribution in [1.82, 2.24) is 4.90 Å². The van der Waals surface area contributed by atoms with Crippen LogP contribution in [0.15, 0.2) is 24.3 Å². The number of amides is 2. The normalized spacial score (nSPS) is 9.06. The average Bonchev–Trinajstić information content (AvgIpc) is 2.39. The second-order valence-electron chi connectivity index (χ2n) is 3.74. The number of nitriles is 1. The number of hydrogen-bond acceptors (Lipinski definition) is 2. The van der Waals surface area contributed by atoms with E-state index in [1.54, 1.807) is 29.2 Å². The lowest BCUT2D eigenvalue weighted by atomic mass is 10.2. The molecule has 0 unspecified atom stereocenters. The third-order valence-electron chi connectivity index (χ3n) is 2.33. The van der Waals surface area contributed by atoms with Crippen LogP contribution < -0.4 is 5.32 Å². The van der Waals surface area contributed by atoms with E-state index < -0.39 is 0 Å². The number of anilines is 1. The fourth-order valence-electron chi connectivity index (χ4n) is 1.46. The maximum Gasteiger partial charge on any atom is 0.322 e. The number of hydrogen-bond donors (Lipinski definition) is 1. The monoisotopic (exact) mass is 241 g/mol. The Labute approximate surface area is 107 Å². The third kappa shape index (κ3) is 3.84. The molecule has 0 bridgehead atoms. The minimum Gasteiger partial charge on any atom is -0.313 e. The predicted octanol–water partition coefficient (Wildman–Crippen LogP) is 2.44. The highest BCUT2D eigenvalue weighted by Gasteiger charge is 2.11. The van der Waals surface area contributed by atoms with E-state index in [0.717, 1.165) is 6.42 Å². The minimum atomic E-state index is -0.223. The van der Waals surface area contributed by atoms with Gasteiger partial charge >= 0.3 is 6.03 Å². The van der Waals surface area contributed by atoms with Crippen LogP contribution in [0.25, 0.3) is 0 Å². The molecule has 0 radical (unpaired) electrons. The molecule has 0 heterocycles. The van der Waals surface area contributed by atoms with Gasteiger partial charge in [-0.1, -0.05) is 12.8 Å². The zero-order valence-corrected chi connectivity index (χ0v) is 10.3. The van der Waals surface area contributed by atoms with Crippen molar-refractivity contribution < 1.29 is 4.79 Å². The number of carbonyl (C=O) groups excluding carboxylic acids is 1. The first-order chi connectivity index (χ1) is 8.71. The van der Waals surface area contributed by atoms with Gasteiger partial charge in [-0.3, -0.25) is 0 Å². The second kappa shape index (κ2) is 6.98. The summed E-state index contributed by atoms with van der Waals surface area (Å²) in [6.45, 7) is 2.89. The van der Waals surface area contributed by atoms with E-state index in [1.165, 1.54) is 0 Å². The molecule has 1 rings (SSSR count). The molecule has 0 aliphatic rings. The zero-order valence-electron chi connectivity index (χ0n) is 10.3. The maximum atomic E-state index is 11.9. The van der Waals surface area contributed by atoms with Crippen LogP contribution in [0.2, 0.25) is 0 Å². The molecule has 0 atom stereocenters. The van der Waals surface area contributed by atoms with E-state index in [4.69, 9.17) is 11.7 Å². The Kier molecular flexibility index (Phi) is 5.28. The lowest BCUT2D eigenvalue weighted by Crippen LogP contribution is -2.35. The first kappa shape index (κ1) is 13.6. The van der Waals surface area contributed by atoms with Crippen molar-refractivity contribution in [3.63, 3.8) is 0 Å². The Balaban J connectivity index is 2.67. The van der Waals surface area contributed by atoms with Crippen LogP contribution >= 0.6 is 0 Å². The van der Waals surface area contributed by atoms with E-state index in [-0.39, 0.29) is 12.6 Å². The summed E-state index contributed by atoms with van der Waals surface area (Å²) in [5.74, 6) is 2.46. The van der Waals surface area contributed by atoms with Gasteiger partial charge < -0.3 is 10.2 Å². The number of nitrogens with zero attached hydrogens (tertiary/aromatic N) is 2. The van der Waals surface area contributed by atoms with Crippen molar-refractivity contribution in [3.05, 3.63) is 29.8 Å². The zero-order chi connectivity index (χ0) is 13.4. The molecule has 1 aromatic carbocycles. The molecule has 2 amide bonds. The lowest BCUT2D eigenvalue weighted by Gasteiger charge is -2.19. The number of carbonyl (C=O) groups is 1. The van der Waals surface area contributed by atoms with Gasteiger partial charge in [0.1, 0.15) is 0 Å². The van der Waals surface area contributed by atoms with Crippen molar-refractivity contribution in [2.75, 3.05) is 18.4 Å². The summed E-state index contributed by atoms with van der Waals surface area (Å²) in [6, 6.07) is 8.49. The molecule has 4 nitrogen and oxygen atoms in total. The molecule has 0 aromatic heterocycles. The summed E-state index contributed by atoms with van der Waals surface area (Å²) in [4.78, 5) is 13.5. The lowest BCUT2D eigenvalue weighted by molar-refractivity contribution is 0.218. The van der Waals surface area contributed by atoms with Gasteiger partial charge in [0.05, 0.1) is 18.2 Å². The summed E-state index contributed by atoms with van der Waals surface area (Å²) in [7, 11) is 0. The van der Waals surface area contributed by atoms with Gasteiger partial charge in [-0.2, -0.15) is 5.26 Å². The Morgan fingerprint density at radius 2 is 2.11 bits per heavy atom. The topological polar surface area (TPSA) is 56.1 Å². The van der Waals surface area contributed by atoms with Crippen molar-refractivity contribution in [2.24, 2.45) is 0 Å². The van der Waals surface area contributed by atoms with Gasteiger partial charge in [0.2, 0.25) is 0 Å². The van der Waals surface area contributed by atoms with Crippen LogP contribution in [0.3, 0.4) is 0 Å². The quantitative estimate of drug-likeness (QED) is 0.823. The largest absolute Gasteiger partial charge is 0.322 e. The molecule has 4 heteroatoms. The number of terminal acetylenes is 1. The predicted molar refractivity (Wildman–Crippen MR) is 70.9 cm³/mol. The summed E-state index contributed by atoms with van der Waals surface area (Å²) in [5.41, 5.74) is 1.21. The highest BCUT2D eigenvalue weighted by molar-refractivity contribution is 5.89. The van der Waals surface area contributed by atoms with Crippen molar-refractivity contribution in [1.29, 1.82) is 5.26 Å². The van der Waals surface area contributed by atoms with Crippen LogP contribution in [-0.2, 0) is 0 Å². The fourth-order valence-corrected chi connectivity index (χ4v) is 1.46. The molecule has 0 fully saturated rings. The van der Waals surface area contributed by atoms with E-state index in [0.29, 0.717) is 17.8 Å². The number of rotatable bonds is 4. The van der Waals surface area contributed by atoms with Crippen LogP contribution in [0.4, 0.5) is 10.5 Å². The van der Waals surface area contributed by atoms with Gasteiger partial charge in [-0.25, -0.2) is 4.79 Å². The highest BCUT2D eigenvalue weighted by atomic mass is 16.2. The van der Waals surface area contributed by atoms with Gasteiger partial charge in [-0.05, 0) is 30.7 Å². The second-order valence-corrected chi connectivity index (χ2v) is 3.74. The van der Waals surface area contributed by atoms with Gasteiger partial charge in [0.15, 0.2) is 0 Å².